The summed E-state index contributed by atoms with van der Waals surface area (Å²) in [4.78, 5) is 0. The normalized spacial score (nSPS) is 10.8. The molecule has 0 atom stereocenters. The number of hydrogen-bond acceptors (Lipinski definition) is 1. The van der Waals surface area contributed by atoms with E-state index >= 15 is 0 Å². The van der Waals surface area contributed by atoms with Gasteiger partial charge in [-0.15, -0.1) is 0 Å². The van der Waals surface area contributed by atoms with Gasteiger partial charge >= 0.3 is 0 Å². The van der Waals surface area contributed by atoms with Crippen molar-refractivity contribution in [3.05, 3.63) is 60.4 Å². The SMILES string of the molecule is Cc1ccc(-c2ccc3occc3c2)cc1. The summed E-state index contributed by atoms with van der Waals surface area (Å²) in [6, 6.07) is 16.8. The monoisotopic (exact) mass is 208 g/mol. The van der Waals surface area contributed by atoms with Crippen LogP contribution in [-0.4, -0.2) is 0 Å². The molecule has 3 aromatic rings. The third-order valence-corrected chi connectivity index (χ3v) is 2.84. The van der Waals surface area contributed by atoms with Gasteiger partial charge in [0.15, 0.2) is 0 Å². The molecule has 0 fully saturated rings. The van der Waals surface area contributed by atoms with Crippen LogP contribution in [0.4, 0.5) is 0 Å². The highest BCUT2D eigenvalue weighted by Crippen LogP contribution is 2.25. The molecule has 0 aliphatic carbocycles. The minimum absolute atomic E-state index is 0.941. The fourth-order valence-electron chi connectivity index (χ4n) is 1.89. The van der Waals surface area contributed by atoms with Gasteiger partial charge in [0.05, 0.1) is 6.26 Å². The lowest BCUT2D eigenvalue weighted by Crippen LogP contribution is -1.78. The molecule has 0 N–H and O–H groups in total. The second-order valence-corrected chi connectivity index (χ2v) is 4.04. The number of rotatable bonds is 1. The molecule has 1 heterocycles. The van der Waals surface area contributed by atoms with E-state index in [0.29, 0.717) is 0 Å². The van der Waals surface area contributed by atoms with E-state index in [1.165, 1.54) is 16.7 Å². The summed E-state index contributed by atoms with van der Waals surface area (Å²) in [5.74, 6) is 0. The van der Waals surface area contributed by atoms with Crippen molar-refractivity contribution in [2.45, 2.75) is 6.92 Å². The lowest BCUT2D eigenvalue weighted by atomic mass is 10.0. The van der Waals surface area contributed by atoms with Crippen LogP contribution in [0.3, 0.4) is 0 Å². The summed E-state index contributed by atoms with van der Waals surface area (Å²) in [6.07, 6.45) is 1.73. The van der Waals surface area contributed by atoms with Gasteiger partial charge in [-0.05, 0) is 36.2 Å². The molecule has 0 bridgehead atoms. The molecule has 0 radical (unpaired) electrons. The zero-order chi connectivity index (χ0) is 11.0. The number of benzene rings is 2. The summed E-state index contributed by atoms with van der Waals surface area (Å²) in [5, 5.41) is 1.15. The van der Waals surface area contributed by atoms with E-state index in [0.717, 1.165) is 11.0 Å². The van der Waals surface area contributed by atoms with Crippen LogP contribution >= 0.6 is 0 Å². The lowest BCUT2D eigenvalue weighted by molar-refractivity contribution is 0.616. The molecule has 1 heteroatoms. The molecular weight excluding hydrogens is 196 g/mol. The van der Waals surface area contributed by atoms with Crippen molar-refractivity contribution >= 4 is 11.0 Å². The Morgan fingerprint density at radius 3 is 2.38 bits per heavy atom. The maximum absolute atomic E-state index is 5.33. The molecule has 16 heavy (non-hydrogen) atoms. The van der Waals surface area contributed by atoms with Crippen LogP contribution in [0.1, 0.15) is 5.56 Å². The summed E-state index contributed by atoms with van der Waals surface area (Å²) >= 11 is 0. The van der Waals surface area contributed by atoms with E-state index in [2.05, 4.69) is 43.3 Å². The molecule has 0 amide bonds. The van der Waals surface area contributed by atoms with E-state index in [-0.39, 0.29) is 0 Å². The first-order chi connectivity index (χ1) is 7.83. The predicted molar refractivity (Wildman–Crippen MR) is 66.4 cm³/mol. The first-order valence-electron chi connectivity index (χ1n) is 5.37. The van der Waals surface area contributed by atoms with E-state index in [4.69, 9.17) is 4.42 Å². The first kappa shape index (κ1) is 9.22. The largest absolute Gasteiger partial charge is 0.464 e. The summed E-state index contributed by atoms with van der Waals surface area (Å²) in [5.41, 5.74) is 4.70. The Kier molecular flexibility index (Phi) is 2.03. The van der Waals surface area contributed by atoms with Crippen molar-refractivity contribution in [3.63, 3.8) is 0 Å². The third kappa shape index (κ3) is 1.50. The highest BCUT2D eigenvalue weighted by molar-refractivity contribution is 5.83. The average Bonchev–Trinajstić information content (AvgIpc) is 2.77. The molecule has 0 saturated carbocycles. The highest BCUT2D eigenvalue weighted by Gasteiger charge is 2.00. The van der Waals surface area contributed by atoms with E-state index in [1.807, 2.05) is 12.1 Å². The van der Waals surface area contributed by atoms with Crippen molar-refractivity contribution in [3.8, 4) is 11.1 Å². The van der Waals surface area contributed by atoms with Crippen molar-refractivity contribution in [2.75, 3.05) is 0 Å². The molecule has 0 aliphatic rings. The van der Waals surface area contributed by atoms with Gasteiger partial charge in [0.25, 0.3) is 0 Å². The van der Waals surface area contributed by atoms with Gasteiger partial charge in [-0.3, -0.25) is 0 Å². The Hall–Kier alpha value is -2.02. The van der Waals surface area contributed by atoms with Crippen molar-refractivity contribution in [2.24, 2.45) is 0 Å². The van der Waals surface area contributed by atoms with Crippen LogP contribution in [0.2, 0.25) is 0 Å². The van der Waals surface area contributed by atoms with Crippen LogP contribution in [0.15, 0.2) is 59.2 Å². The molecule has 0 aliphatic heterocycles. The molecule has 2 aromatic carbocycles. The van der Waals surface area contributed by atoms with Crippen molar-refractivity contribution in [1.82, 2.24) is 0 Å². The van der Waals surface area contributed by atoms with Gasteiger partial charge < -0.3 is 4.42 Å². The number of aryl methyl sites for hydroxylation is 1. The lowest BCUT2D eigenvalue weighted by Gasteiger charge is -2.02. The minimum Gasteiger partial charge on any atom is -0.464 e. The highest BCUT2D eigenvalue weighted by atomic mass is 16.3. The van der Waals surface area contributed by atoms with Gasteiger partial charge in [0.1, 0.15) is 5.58 Å². The van der Waals surface area contributed by atoms with E-state index < -0.39 is 0 Å². The second-order valence-electron chi connectivity index (χ2n) is 4.04. The zero-order valence-corrected chi connectivity index (χ0v) is 9.10. The molecule has 0 saturated heterocycles. The Morgan fingerprint density at radius 1 is 0.812 bits per heavy atom. The molecule has 1 nitrogen and oxygen atoms in total. The number of fused-ring (bicyclic) bond motifs is 1. The van der Waals surface area contributed by atoms with E-state index in [9.17, 15) is 0 Å². The van der Waals surface area contributed by atoms with Gasteiger partial charge in [0.2, 0.25) is 0 Å². The van der Waals surface area contributed by atoms with Crippen LogP contribution in [-0.2, 0) is 0 Å². The van der Waals surface area contributed by atoms with Crippen molar-refractivity contribution in [1.29, 1.82) is 0 Å². The molecule has 78 valence electrons. The summed E-state index contributed by atoms with van der Waals surface area (Å²) in [7, 11) is 0. The predicted octanol–water partition coefficient (Wildman–Crippen LogP) is 4.41. The Labute approximate surface area is 94.3 Å². The first-order valence-corrected chi connectivity index (χ1v) is 5.37. The van der Waals surface area contributed by atoms with Gasteiger partial charge in [-0.25, -0.2) is 0 Å². The van der Waals surface area contributed by atoms with Crippen LogP contribution in [0, 0.1) is 6.92 Å². The number of furan rings is 1. The van der Waals surface area contributed by atoms with Crippen LogP contribution < -0.4 is 0 Å². The maximum Gasteiger partial charge on any atom is 0.133 e. The molecule has 0 spiro atoms. The zero-order valence-electron chi connectivity index (χ0n) is 9.10. The second kappa shape index (κ2) is 3.53. The van der Waals surface area contributed by atoms with Crippen LogP contribution in [0.5, 0.6) is 0 Å². The molecular formula is C15H12O. The topological polar surface area (TPSA) is 13.1 Å². The van der Waals surface area contributed by atoms with Crippen LogP contribution in [0.25, 0.3) is 22.1 Å². The quantitative estimate of drug-likeness (QED) is 0.577. The Bertz CT molecular complexity index is 617. The molecule has 3 rings (SSSR count). The minimum atomic E-state index is 0.941. The standard InChI is InChI=1S/C15H12O/c1-11-2-4-12(5-3-11)13-6-7-15-14(10-13)8-9-16-15/h2-10H,1H3. The number of hydrogen-bond donors (Lipinski definition) is 0. The van der Waals surface area contributed by atoms with Gasteiger partial charge in [-0.2, -0.15) is 0 Å². The van der Waals surface area contributed by atoms with Gasteiger partial charge in [0, 0.05) is 5.39 Å². The Balaban J connectivity index is 2.14. The maximum atomic E-state index is 5.33. The molecule has 1 aromatic heterocycles. The summed E-state index contributed by atoms with van der Waals surface area (Å²) in [6.45, 7) is 2.10. The smallest absolute Gasteiger partial charge is 0.133 e. The fourth-order valence-corrected chi connectivity index (χ4v) is 1.89. The fraction of sp³-hybridized carbons (Fsp3) is 0.0667. The summed E-state index contributed by atoms with van der Waals surface area (Å²) < 4.78 is 5.33. The Morgan fingerprint density at radius 2 is 1.56 bits per heavy atom. The van der Waals surface area contributed by atoms with E-state index in [1.54, 1.807) is 6.26 Å². The molecule has 0 unspecified atom stereocenters. The van der Waals surface area contributed by atoms with Crippen molar-refractivity contribution < 1.29 is 4.42 Å². The third-order valence-electron chi connectivity index (χ3n) is 2.84. The average molecular weight is 208 g/mol. The van der Waals surface area contributed by atoms with Gasteiger partial charge in [-0.1, -0.05) is 35.9 Å².